The highest BCUT2D eigenvalue weighted by atomic mass is 32.2. The lowest BCUT2D eigenvalue weighted by molar-refractivity contribution is 0.160. The summed E-state index contributed by atoms with van der Waals surface area (Å²) < 4.78 is 20.0. The molecule has 0 amide bonds. The number of hydrogen-bond acceptors (Lipinski definition) is 2. The van der Waals surface area contributed by atoms with Crippen molar-refractivity contribution in [2.45, 2.75) is 25.5 Å². The van der Waals surface area contributed by atoms with Gasteiger partial charge in [-0.25, -0.2) is 4.21 Å². The lowest BCUT2D eigenvalue weighted by atomic mass is 10.3. The van der Waals surface area contributed by atoms with Gasteiger partial charge >= 0.3 is 0 Å². The Morgan fingerprint density at radius 3 is 2.27 bits per heavy atom. The maximum atomic E-state index is 11.3. The molecule has 0 aromatic heterocycles. The van der Waals surface area contributed by atoms with Crippen LogP contribution in [0.3, 0.4) is 0 Å². The number of ether oxygens (including phenoxy) is 1. The van der Waals surface area contributed by atoms with Crippen LogP contribution in [0, 0.1) is 0 Å². The van der Waals surface area contributed by atoms with Crippen molar-refractivity contribution in [2.75, 3.05) is 13.2 Å². The smallest absolute Gasteiger partial charge is 0.144 e. The van der Waals surface area contributed by atoms with E-state index in [-0.39, 0.29) is 4.75 Å². The van der Waals surface area contributed by atoms with Gasteiger partial charge in [0.2, 0.25) is 0 Å². The molecule has 11 heavy (non-hydrogen) atoms. The summed E-state index contributed by atoms with van der Waals surface area (Å²) in [5, 5.41) is 0. The highest BCUT2D eigenvalue weighted by Gasteiger charge is 2.21. The Morgan fingerprint density at radius 2 is 2.00 bits per heavy atom. The van der Waals surface area contributed by atoms with E-state index in [0.29, 0.717) is 13.2 Å². The van der Waals surface area contributed by atoms with Crippen molar-refractivity contribution in [3.05, 3.63) is 0 Å². The predicted molar refractivity (Wildman–Crippen MR) is 46.1 cm³/mol. The van der Waals surface area contributed by atoms with E-state index in [1.54, 1.807) is 0 Å². The van der Waals surface area contributed by atoms with Crippen LogP contribution in [0.25, 0.3) is 0 Å². The largest absolute Gasteiger partial charge is 0.369 e. The molecule has 0 aromatic rings. The molecule has 0 aliphatic carbocycles. The Kier molecular flexibility index (Phi) is 2.44. The second-order valence-corrected chi connectivity index (χ2v) is 5.42. The molecule has 0 bridgehead atoms. The molecule has 1 rings (SSSR count). The van der Waals surface area contributed by atoms with Gasteiger partial charge in [0.15, 0.2) is 0 Å². The first-order valence-electron chi connectivity index (χ1n) is 3.56. The molecule has 64 valence electrons. The maximum absolute atomic E-state index is 11.3. The molecule has 0 N–H and O–H groups in total. The highest BCUT2D eigenvalue weighted by Crippen LogP contribution is 2.13. The summed E-state index contributed by atoms with van der Waals surface area (Å²) in [7, 11) is -1.11. The van der Waals surface area contributed by atoms with Gasteiger partial charge in [-0.1, -0.05) is 0 Å². The van der Waals surface area contributed by atoms with Gasteiger partial charge in [0.1, 0.15) is 11.0 Å². The third-order valence-corrected chi connectivity index (χ3v) is 2.74. The van der Waals surface area contributed by atoms with Gasteiger partial charge in [-0.15, -0.1) is 0 Å². The monoisotopic (exact) mass is 175 g/mol. The third-order valence-electron chi connectivity index (χ3n) is 1.27. The first kappa shape index (κ1) is 8.87. The molecular formula is C7H13NO2S. The molecule has 1 heterocycles. The van der Waals surface area contributed by atoms with E-state index in [4.69, 9.17) is 4.74 Å². The average molecular weight is 175 g/mol. The van der Waals surface area contributed by atoms with E-state index in [1.807, 2.05) is 20.8 Å². The van der Waals surface area contributed by atoms with Crippen LogP contribution in [0.1, 0.15) is 20.8 Å². The molecule has 4 heteroatoms. The first-order valence-corrected chi connectivity index (χ1v) is 4.67. The van der Waals surface area contributed by atoms with Crippen LogP contribution in [0.15, 0.2) is 4.40 Å². The lowest BCUT2D eigenvalue weighted by Crippen LogP contribution is -2.30. The van der Waals surface area contributed by atoms with Gasteiger partial charge in [-0.3, -0.25) is 0 Å². The standard InChI is InChI=1S/C7H13NO2S/c1-7(2,3)11(9)8-6-4-10-5-6/h4-5H2,1-3H3/t11-/m0/s1. The third kappa shape index (κ3) is 2.38. The second-order valence-electron chi connectivity index (χ2n) is 3.51. The molecule has 1 fully saturated rings. The van der Waals surface area contributed by atoms with Crippen LogP contribution < -0.4 is 0 Å². The Balaban J connectivity index is 2.55. The van der Waals surface area contributed by atoms with E-state index in [1.165, 1.54) is 0 Å². The highest BCUT2D eigenvalue weighted by molar-refractivity contribution is 7.85. The molecular weight excluding hydrogens is 162 g/mol. The summed E-state index contributed by atoms with van der Waals surface area (Å²) in [5.41, 5.74) is 0.915. The van der Waals surface area contributed by atoms with Gasteiger partial charge in [0.05, 0.1) is 23.7 Å². The van der Waals surface area contributed by atoms with E-state index < -0.39 is 11.0 Å². The minimum Gasteiger partial charge on any atom is -0.369 e. The number of hydrogen-bond donors (Lipinski definition) is 0. The van der Waals surface area contributed by atoms with Crippen LogP contribution in [0.4, 0.5) is 0 Å². The van der Waals surface area contributed by atoms with E-state index >= 15 is 0 Å². The molecule has 1 atom stereocenters. The number of rotatable bonds is 1. The van der Waals surface area contributed by atoms with Crippen molar-refractivity contribution in [2.24, 2.45) is 4.40 Å². The summed E-state index contributed by atoms with van der Waals surface area (Å²) in [6.45, 7) is 6.84. The Hall–Kier alpha value is -0.220. The summed E-state index contributed by atoms with van der Waals surface area (Å²) in [4.78, 5) is 0. The van der Waals surface area contributed by atoms with E-state index in [2.05, 4.69) is 4.40 Å². The summed E-state index contributed by atoms with van der Waals surface area (Å²) >= 11 is 0. The van der Waals surface area contributed by atoms with Crippen LogP contribution in [-0.2, 0) is 15.7 Å². The fourth-order valence-electron chi connectivity index (χ4n) is 0.500. The van der Waals surface area contributed by atoms with Gasteiger partial charge in [0.25, 0.3) is 0 Å². The van der Waals surface area contributed by atoms with Gasteiger partial charge < -0.3 is 4.74 Å². The zero-order chi connectivity index (χ0) is 8.48. The molecule has 0 saturated carbocycles. The van der Waals surface area contributed by atoms with Gasteiger partial charge in [-0.05, 0) is 20.8 Å². The van der Waals surface area contributed by atoms with Crippen LogP contribution in [-0.4, -0.2) is 27.9 Å². The minimum atomic E-state index is -1.11. The molecule has 0 aromatic carbocycles. The van der Waals surface area contributed by atoms with Crippen molar-refractivity contribution < 1.29 is 8.95 Å². The molecule has 1 aliphatic rings. The molecule has 0 spiro atoms. The quantitative estimate of drug-likeness (QED) is 0.594. The van der Waals surface area contributed by atoms with Gasteiger partial charge in [-0.2, -0.15) is 4.40 Å². The van der Waals surface area contributed by atoms with Crippen molar-refractivity contribution in [1.29, 1.82) is 0 Å². The molecule has 1 aliphatic heterocycles. The number of nitrogens with zero attached hydrogens (tertiary/aromatic N) is 1. The second kappa shape index (κ2) is 3.03. The average Bonchev–Trinajstić information content (AvgIpc) is 1.75. The van der Waals surface area contributed by atoms with Crippen molar-refractivity contribution in [1.82, 2.24) is 0 Å². The normalized spacial score (nSPS) is 20.8. The van der Waals surface area contributed by atoms with Crippen molar-refractivity contribution in [3.63, 3.8) is 0 Å². The first-order chi connectivity index (χ1) is 5.00. The summed E-state index contributed by atoms with van der Waals surface area (Å²) in [6.07, 6.45) is 0. The predicted octanol–water partition coefficient (Wildman–Crippen LogP) is 0.920. The minimum absolute atomic E-state index is 0.247. The topological polar surface area (TPSA) is 38.7 Å². The van der Waals surface area contributed by atoms with Crippen LogP contribution in [0.5, 0.6) is 0 Å². The van der Waals surface area contributed by atoms with Crippen molar-refractivity contribution >= 4 is 16.7 Å². The maximum Gasteiger partial charge on any atom is 0.144 e. The Morgan fingerprint density at radius 1 is 1.45 bits per heavy atom. The van der Waals surface area contributed by atoms with Crippen LogP contribution in [0.2, 0.25) is 0 Å². The fourth-order valence-corrected chi connectivity index (χ4v) is 1.11. The van der Waals surface area contributed by atoms with Gasteiger partial charge in [0, 0.05) is 0 Å². The molecule has 3 nitrogen and oxygen atoms in total. The SMILES string of the molecule is CC(C)(C)[S@](=O)N=C1COC1. The summed E-state index contributed by atoms with van der Waals surface area (Å²) in [6, 6.07) is 0. The summed E-state index contributed by atoms with van der Waals surface area (Å²) in [5.74, 6) is 0. The lowest BCUT2D eigenvalue weighted by Gasteiger charge is -2.19. The van der Waals surface area contributed by atoms with Crippen LogP contribution >= 0.6 is 0 Å². The zero-order valence-corrected chi connectivity index (χ0v) is 7.90. The molecule has 1 saturated heterocycles. The molecule has 0 radical (unpaired) electrons. The van der Waals surface area contributed by atoms with E-state index in [0.717, 1.165) is 5.71 Å². The molecule has 0 unspecified atom stereocenters. The van der Waals surface area contributed by atoms with E-state index in [9.17, 15) is 4.21 Å². The fraction of sp³-hybridized carbons (Fsp3) is 0.857. The Bertz CT molecular complexity index is 199. The Labute approximate surface area is 69.4 Å². The zero-order valence-electron chi connectivity index (χ0n) is 7.09. The van der Waals surface area contributed by atoms with Crippen molar-refractivity contribution in [3.8, 4) is 0 Å².